The van der Waals surface area contributed by atoms with Gasteiger partial charge < -0.3 is 15.2 Å². The van der Waals surface area contributed by atoms with E-state index in [9.17, 15) is 9.90 Å². The van der Waals surface area contributed by atoms with Crippen LogP contribution in [0.1, 0.15) is 21.6 Å². The van der Waals surface area contributed by atoms with Gasteiger partial charge in [0.1, 0.15) is 11.5 Å². The van der Waals surface area contributed by atoms with Crippen LogP contribution in [0.25, 0.3) is 0 Å². The number of carbonyl (C=O) groups excluding carboxylic acids is 1. The summed E-state index contributed by atoms with van der Waals surface area (Å²) in [4.78, 5) is 12.0. The van der Waals surface area contributed by atoms with Crippen LogP contribution < -0.4 is 10.1 Å². The van der Waals surface area contributed by atoms with Gasteiger partial charge in [0, 0.05) is 17.8 Å². The van der Waals surface area contributed by atoms with Crippen LogP contribution in [0.3, 0.4) is 0 Å². The van der Waals surface area contributed by atoms with Gasteiger partial charge in [0.05, 0.1) is 18.9 Å². The highest BCUT2D eigenvalue weighted by Crippen LogP contribution is 2.22. The molecule has 1 heterocycles. The molecule has 0 aliphatic carbocycles. The Kier molecular flexibility index (Phi) is 3.70. The molecule has 6 nitrogen and oxygen atoms in total. The molecule has 3 N–H and O–H groups in total. The molecule has 0 atom stereocenters. The van der Waals surface area contributed by atoms with Crippen molar-refractivity contribution >= 4 is 5.91 Å². The van der Waals surface area contributed by atoms with E-state index in [-0.39, 0.29) is 17.2 Å². The van der Waals surface area contributed by atoms with Crippen molar-refractivity contribution < 1.29 is 14.6 Å². The number of nitrogens with zero attached hydrogens (tertiary/aromatic N) is 1. The van der Waals surface area contributed by atoms with Gasteiger partial charge in [0.25, 0.3) is 5.91 Å². The number of nitrogens with one attached hydrogen (secondary N) is 2. The van der Waals surface area contributed by atoms with Crippen molar-refractivity contribution in [3.8, 4) is 11.5 Å². The van der Waals surface area contributed by atoms with E-state index in [4.69, 9.17) is 4.74 Å². The fraction of sp³-hybridized carbons (Fsp3) is 0.231. The van der Waals surface area contributed by atoms with E-state index in [0.717, 1.165) is 11.3 Å². The average molecular weight is 261 g/mol. The number of phenolic OH excluding ortho intramolecular Hbond substituents is 1. The molecule has 1 aromatic heterocycles. The third-order valence-electron chi connectivity index (χ3n) is 2.82. The minimum atomic E-state index is -0.364. The van der Waals surface area contributed by atoms with Crippen LogP contribution in [0.5, 0.6) is 11.5 Å². The monoisotopic (exact) mass is 261 g/mol. The van der Waals surface area contributed by atoms with Crippen molar-refractivity contribution in [1.82, 2.24) is 15.5 Å². The first-order valence-electron chi connectivity index (χ1n) is 5.76. The zero-order valence-corrected chi connectivity index (χ0v) is 10.7. The summed E-state index contributed by atoms with van der Waals surface area (Å²) in [6.45, 7) is 2.22. The van der Waals surface area contributed by atoms with Crippen LogP contribution in [-0.2, 0) is 6.54 Å². The molecule has 1 amide bonds. The van der Waals surface area contributed by atoms with Crippen LogP contribution >= 0.6 is 0 Å². The first-order chi connectivity index (χ1) is 9.11. The largest absolute Gasteiger partial charge is 0.507 e. The molecule has 0 saturated carbocycles. The Bertz CT molecular complexity index is 593. The molecule has 0 unspecified atom stereocenters. The lowest BCUT2D eigenvalue weighted by molar-refractivity contribution is 0.0948. The zero-order valence-electron chi connectivity index (χ0n) is 10.7. The molecule has 6 heteroatoms. The van der Waals surface area contributed by atoms with Gasteiger partial charge in [-0.15, -0.1) is 0 Å². The number of benzene rings is 1. The van der Waals surface area contributed by atoms with Crippen molar-refractivity contribution in [3.05, 3.63) is 41.2 Å². The molecular weight excluding hydrogens is 246 g/mol. The number of methoxy groups -OCH3 is 1. The van der Waals surface area contributed by atoms with Crippen LogP contribution in [0.4, 0.5) is 0 Å². The fourth-order valence-electron chi connectivity index (χ4n) is 1.65. The third kappa shape index (κ3) is 2.85. The SMILES string of the molecule is COc1ccc(O)c(C(=O)NCc2cn[nH]c2C)c1. The number of hydrogen-bond acceptors (Lipinski definition) is 4. The van der Waals surface area contributed by atoms with Crippen molar-refractivity contribution in [2.24, 2.45) is 0 Å². The summed E-state index contributed by atoms with van der Waals surface area (Å²) >= 11 is 0. The van der Waals surface area contributed by atoms with E-state index in [1.807, 2.05) is 6.92 Å². The lowest BCUT2D eigenvalue weighted by Gasteiger charge is -2.08. The van der Waals surface area contributed by atoms with E-state index in [0.29, 0.717) is 12.3 Å². The van der Waals surface area contributed by atoms with Gasteiger partial charge in [0.2, 0.25) is 0 Å². The summed E-state index contributed by atoms with van der Waals surface area (Å²) in [5.41, 5.74) is 1.98. The maximum absolute atomic E-state index is 12.0. The van der Waals surface area contributed by atoms with E-state index in [1.165, 1.54) is 19.2 Å². The Morgan fingerprint density at radius 3 is 2.95 bits per heavy atom. The molecule has 1 aromatic carbocycles. The minimum absolute atomic E-state index is 0.0813. The molecule has 2 rings (SSSR count). The van der Waals surface area contributed by atoms with Crippen LogP contribution in [-0.4, -0.2) is 28.3 Å². The molecule has 2 aromatic rings. The van der Waals surface area contributed by atoms with E-state index >= 15 is 0 Å². The minimum Gasteiger partial charge on any atom is -0.507 e. The zero-order chi connectivity index (χ0) is 13.8. The Balaban J connectivity index is 2.10. The Labute approximate surface area is 110 Å². The highest BCUT2D eigenvalue weighted by atomic mass is 16.5. The third-order valence-corrected chi connectivity index (χ3v) is 2.82. The lowest BCUT2D eigenvalue weighted by atomic mass is 10.1. The van der Waals surface area contributed by atoms with Gasteiger partial charge in [-0.25, -0.2) is 0 Å². The first-order valence-corrected chi connectivity index (χ1v) is 5.76. The fourth-order valence-corrected chi connectivity index (χ4v) is 1.65. The highest BCUT2D eigenvalue weighted by molar-refractivity contribution is 5.97. The molecule has 0 bridgehead atoms. The second-order valence-corrected chi connectivity index (χ2v) is 4.09. The normalized spacial score (nSPS) is 10.2. The Morgan fingerprint density at radius 1 is 1.53 bits per heavy atom. The van der Waals surface area contributed by atoms with Gasteiger partial charge in [-0.3, -0.25) is 9.89 Å². The highest BCUT2D eigenvalue weighted by Gasteiger charge is 2.12. The van der Waals surface area contributed by atoms with Crippen molar-refractivity contribution in [2.45, 2.75) is 13.5 Å². The van der Waals surface area contributed by atoms with Crippen molar-refractivity contribution in [2.75, 3.05) is 7.11 Å². The van der Waals surface area contributed by atoms with Crippen molar-refractivity contribution in [1.29, 1.82) is 0 Å². The Morgan fingerprint density at radius 2 is 2.32 bits per heavy atom. The Hall–Kier alpha value is -2.50. The summed E-state index contributed by atoms with van der Waals surface area (Å²) in [6, 6.07) is 4.51. The number of aromatic nitrogens is 2. The molecule has 0 saturated heterocycles. The average Bonchev–Trinajstić information content (AvgIpc) is 2.82. The molecule has 0 spiro atoms. The van der Waals surface area contributed by atoms with Gasteiger partial charge in [-0.2, -0.15) is 5.10 Å². The number of amides is 1. The number of hydrogen-bond donors (Lipinski definition) is 3. The molecule has 0 aliphatic heterocycles. The summed E-state index contributed by atoms with van der Waals surface area (Å²) in [5, 5.41) is 19.1. The van der Waals surface area contributed by atoms with Crippen LogP contribution in [0.2, 0.25) is 0 Å². The van der Waals surface area contributed by atoms with E-state index in [1.54, 1.807) is 12.3 Å². The van der Waals surface area contributed by atoms with Gasteiger partial charge in [-0.05, 0) is 25.1 Å². The lowest BCUT2D eigenvalue weighted by Crippen LogP contribution is -2.23. The number of aryl methyl sites for hydroxylation is 1. The molecule has 0 aliphatic rings. The summed E-state index contributed by atoms with van der Waals surface area (Å²) < 4.78 is 5.02. The smallest absolute Gasteiger partial charge is 0.255 e. The van der Waals surface area contributed by atoms with Gasteiger partial charge in [-0.1, -0.05) is 0 Å². The van der Waals surface area contributed by atoms with E-state index in [2.05, 4.69) is 15.5 Å². The number of rotatable bonds is 4. The standard InChI is InChI=1S/C13H15N3O3/c1-8-9(7-15-16-8)6-14-13(18)11-5-10(19-2)3-4-12(11)17/h3-5,7,17H,6H2,1-2H3,(H,14,18)(H,15,16). The predicted molar refractivity (Wildman–Crippen MR) is 69.2 cm³/mol. The van der Waals surface area contributed by atoms with E-state index < -0.39 is 0 Å². The van der Waals surface area contributed by atoms with Gasteiger partial charge in [0.15, 0.2) is 0 Å². The van der Waals surface area contributed by atoms with Gasteiger partial charge >= 0.3 is 0 Å². The number of ether oxygens (including phenoxy) is 1. The maximum Gasteiger partial charge on any atom is 0.255 e. The molecule has 0 radical (unpaired) electrons. The topological polar surface area (TPSA) is 87.2 Å². The molecule has 100 valence electrons. The summed E-state index contributed by atoms with van der Waals surface area (Å²) in [7, 11) is 1.50. The first kappa shape index (κ1) is 12.9. The molecule has 0 fully saturated rings. The van der Waals surface area contributed by atoms with Crippen LogP contribution in [0.15, 0.2) is 24.4 Å². The van der Waals surface area contributed by atoms with Crippen LogP contribution in [0, 0.1) is 6.92 Å². The number of carbonyl (C=O) groups is 1. The number of H-pyrrole nitrogens is 1. The summed E-state index contributed by atoms with van der Waals surface area (Å²) in [5.74, 6) is 0.0710. The maximum atomic E-state index is 12.0. The number of aromatic amines is 1. The molecule has 19 heavy (non-hydrogen) atoms. The summed E-state index contributed by atoms with van der Waals surface area (Å²) in [6.07, 6.45) is 1.65. The number of phenols is 1. The second-order valence-electron chi connectivity index (χ2n) is 4.09. The second kappa shape index (κ2) is 5.43. The predicted octanol–water partition coefficient (Wildman–Crippen LogP) is 1.36. The quantitative estimate of drug-likeness (QED) is 0.775. The van der Waals surface area contributed by atoms with Crippen molar-refractivity contribution in [3.63, 3.8) is 0 Å². The molecular formula is C13H15N3O3. The number of aromatic hydroxyl groups is 1.